The van der Waals surface area contributed by atoms with E-state index in [1.54, 1.807) is 44.4 Å². The molecule has 4 aromatic rings. The predicted octanol–water partition coefficient (Wildman–Crippen LogP) is 2.64. The number of aromatic nitrogens is 8. The van der Waals surface area contributed by atoms with E-state index in [1.165, 1.54) is 12.7 Å². The van der Waals surface area contributed by atoms with Crippen molar-refractivity contribution in [3.8, 4) is 21.7 Å². The molecule has 4 heterocycles. The van der Waals surface area contributed by atoms with Gasteiger partial charge in [0.25, 0.3) is 0 Å². The Kier molecular flexibility index (Phi) is 4.88. The standard InChI is InChI=1S/C6H5BrN4S.C6H6N4S/c1-11-5(9-3-10-11)6-8-2-4(7)12-6;1-10-5(8-4-9-10)6-7-2-3-11-6/h2-3H,1H3;2-4H,1H3. The second-order valence-electron chi connectivity index (χ2n) is 4.22. The maximum absolute atomic E-state index is 4.17. The van der Waals surface area contributed by atoms with Gasteiger partial charge in [0, 0.05) is 25.7 Å². The first kappa shape index (κ1) is 15.9. The van der Waals surface area contributed by atoms with Crippen LogP contribution in [-0.2, 0) is 14.1 Å². The first-order valence-corrected chi connectivity index (χ1v) is 8.83. The van der Waals surface area contributed by atoms with Crippen molar-refractivity contribution in [2.45, 2.75) is 0 Å². The first-order chi connectivity index (χ1) is 11.1. The van der Waals surface area contributed by atoms with Gasteiger partial charge in [0.1, 0.15) is 12.7 Å². The number of thiazole rings is 2. The fourth-order valence-corrected chi connectivity index (χ4v) is 3.57. The highest BCUT2D eigenvalue weighted by atomic mass is 79.9. The molecule has 0 atom stereocenters. The van der Waals surface area contributed by atoms with Crippen LogP contribution < -0.4 is 0 Å². The molecule has 0 amide bonds. The Hall–Kier alpha value is -1.98. The van der Waals surface area contributed by atoms with Crippen molar-refractivity contribution in [3.05, 3.63) is 34.2 Å². The molecular weight excluding hydrogens is 400 g/mol. The fraction of sp³-hybridized carbons (Fsp3) is 0.167. The van der Waals surface area contributed by atoms with Crippen molar-refractivity contribution in [3.63, 3.8) is 0 Å². The van der Waals surface area contributed by atoms with Gasteiger partial charge in [-0.05, 0) is 15.9 Å². The lowest BCUT2D eigenvalue weighted by Gasteiger charge is -1.91. The van der Waals surface area contributed by atoms with Crippen molar-refractivity contribution >= 4 is 38.6 Å². The summed E-state index contributed by atoms with van der Waals surface area (Å²) in [6.45, 7) is 0. The summed E-state index contributed by atoms with van der Waals surface area (Å²) < 4.78 is 4.41. The molecule has 4 rings (SSSR count). The van der Waals surface area contributed by atoms with Crippen LogP contribution in [0.5, 0.6) is 0 Å². The van der Waals surface area contributed by atoms with Crippen LogP contribution in [0.2, 0.25) is 0 Å². The third kappa shape index (κ3) is 3.68. The number of hydrogen-bond donors (Lipinski definition) is 0. The summed E-state index contributed by atoms with van der Waals surface area (Å²) >= 11 is 6.44. The zero-order chi connectivity index (χ0) is 16.2. The lowest BCUT2D eigenvalue weighted by Crippen LogP contribution is -1.93. The van der Waals surface area contributed by atoms with Crippen molar-refractivity contribution < 1.29 is 0 Å². The summed E-state index contributed by atoms with van der Waals surface area (Å²) in [7, 11) is 3.70. The maximum atomic E-state index is 4.17. The van der Waals surface area contributed by atoms with E-state index in [0.29, 0.717) is 0 Å². The minimum Gasteiger partial charge on any atom is -0.247 e. The normalized spacial score (nSPS) is 10.4. The fourth-order valence-electron chi connectivity index (χ4n) is 1.67. The molecule has 0 bridgehead atoms. The molecule has 0 aromatic carbocycles. The molecule has 23 heavy (non-hydrogen) atoms. The highest BCUT2D eigenvalue weighted by Gasteiger charge is 2.08. The van der Waals surface area contributed by atoms with Gasteiger partial charge < -0.3 is 0 Å². The number of halogens is 1. The minimum absolute atomic E-state index is 0.797. The third-order valence-corrected chi connectivity index (χ3v) is 4.96. The second kappa shape index (κ2) is 7.06. The summed E-state index contributed by atoms with van der Waals surface area (Å²) in [5.41, 5.74) is 0. The number of nitrogens with zero attached hydrogens (tertiary/aromatic N) is 8. The quantitative estimate of drug-likeness (QED) is 0.504. The zero-order valence-electron chi connectivity index (χ0n) is 12.2. The summed E-state index contributed by atoms with van der Waals surface area (Å²) in [4.78, 5) is 16.4. The van der Waals surface area contributed by atoms with Crippen LogP contribution in [0.15, 0.2) is 34.2 Å². The van der Waals surface area contributed by atoms with E-state index in [9.17, 15) is 0 Å². The highest BCUT2D eigenvalue weighted by molar-refractivity contribution is 9.11. The lowest BCUT2D eigenvalue weighted by molar-refractivity contribution is 0.774. The molecule has 4 aromatic heterocycles. The largest absolute Gasteiger partial charge is 0.247 e. The number of rotatable bonds is 2. The predicted molar refractivity (Wildman–Crippen MR) is 91.9 cm³/mol. The lowest BCUT2D eigenvalue weighted by atomic mass is 10.6. The van der Waals surface area contributed by atoms with E-state index in [4.69, 9.17) is 0 Å². The molecule has 0 saturated heterocycles. The molecule has 0 radical (unpaired) electrons. The summed E-state index contributed by atoms with van der Waals surface area (Å²) in [5.74, 6) is 1.62. The minimum atomic E-state index is 0.797. The number of hydrogen-bond acceptors (Lipinski definition) is 8. The molecule has 0 spiro atoms. The van der Waals surface area contributed by atoms with Crippen molar-refractivity contribution in [1.29, 1.82) is 0 Å². The average Bonchev–Trinajstić information content (AvgIpc) is 3.27. The first-order valence-electron chi connectivity index (χ1n) is 6.34. The van der Waals surface area contributed by atoms with Gasteiger partial charge in [-0.25, -0.2) is 29.3 Å². The van der Waals surface area contributed by atoms with E-state index < -0.39 is 0 Å². The molecule has 118 valence electrons. The van der Waals surface area contributed by atoms with E-state index >= 15 is 0 Å². The van der Waals surface area contributed by atoms with Crippen LogP contribution >= 0.6 is 38.6 Å². The van der Waals surface area contributed by atoms with Gasteiger partial charge in [-0.15, -0.1) is 22.7 Å². The molecular formula is C12H11BrN8S2. The van der Waals surface area contributed by atoms with Crippen LogP contribution in [0.1, 0.15) is 0 Å². The van der Waals surface area contributed by atoms with Gasteiger partial charge in [0.05, 0.1) is 9.98 Å². The van der Waals surface area contributed by atoms with Gasteiger partial charge in [-0.2, -0.15) is 10.2 Å². The van der Waals surface area contributed by atoms with Crippen molar-refractivity contribution in [2.24, 2.45) is 14.1 Å². The molecule has 0 aliphatic rings. The van der Waals surface area contributed by atoms with E-state index in [-0.39, 0.29) is 0 Å². The van der Waals surface area contributed by atoms with Gasteiger partial charge in [-0.3, -0.25) is 0 Å². The van der Waals surface area contributed by atoms with E-state index in [1.807, 2.05) is 19.5 Å². The monoisotopic (exact) mass is 410 g/mol. The third-order valence-electron chi connectivity index (χ3n) is 2.72. The molecule has 0 aliphatic carbocycles. The van der Waals surface area contributed by atoms with Crippen LogP contribution in [0.4, 0.5) is 0 Å². The topological polar surface area (TPSA) is 87.2 Å². The molecule has 0 N–H and O–H groups in total. The molecule has 0 unspecified atom stereocenters. The summed E-state index contributed by atoms with van der Waals surface area (Å²) in [5, 5.41) is 11.6. The van der Waals surface area contributed by atoms with E-state index in [0.717, 1.165) is 25.5 Å². The Morgan fingerprint density at radius 1 is 0.913 bits per heavy atom. The zero-order valence-corrected chi connectivity index (χ0v) is 15.4. The summed E-state index contributed by atoms with van der Waals surface area (Å²) in [6, 6.07) is 0. The van der Waals surface area contributed by atoms with Crippen LogP contribution in [0.3, 0.4) is 0 Å². The van der Waals surface area contributed by atoms with Crippen molar-refractivity contribution in [1.82, 2.24) is 39.5 Å². The SMILES string of the molecule is Cn1ncnc1-c1ncc(Br)s1.Cn1ncnc1-c1nccs1. The van der Waals surface area contributed by atoms with Crippen LogP contribution in [0.25, 0.3) is 21.7 Å². The molecule has 0 aliphatic heterocycles. The number of aryl methyl sites for hydroxylation is 2. The Labute approximate surface area is 148 Å². The summed E-state index contributed by atoms with van der Waals surface area (Å²) in [6.07, 6.45) is 6.56. The van der Waals surface area contributed by atoms with Gasteiger partial charge in [0.2, 0.25) is 0 Å². The Balaban J connectivity index is 0.000000136. The van der Waals surface area contributed by atoms with Crippen LogP contribution in [-0.4, -0.2) is 39.5 Å². The molecule has 11 heteroatoms. The van der Waals surface area contributed by atoms with Gasteiger partial charge in [-0.1, -0.05) is 0 Å². The maximum Gasteiger partial charge on any atom is 0.187 e. The molecule has 0 saturated carbocycles. The second-order valence-corrected chi connectivity index (χ2v) is 7.53. The smallest absolute Gasteiger partial charge is 0.187 e. The Bertz CT molecular complexity index is 879. The van der Waals surface area contributed by atoms with Gasteiger partial charge >= 0.3 is 0 Å². The van der Waals surface area contributed by atoms with E-state index in [2.05, 4.69) is 46.1 Å². The average molecular weight is 411 g/mol. The van der Waals surface area contributed by atoms with Crippen LogP contribution in [0, 0.1) is 0 Å². The van der Waals surface area contributed by atoms with Crippen molar-refractivity contribution in [2.75, 3.05) is 0 Å². The molecule has 8 nitrogen and oxygen atoms in total. The Morgan fingerprint density at radius 2 is 1.57 bits per heavy atom. The molecule has 0 fully saturated rings. The van der Waals surface area contributed by atoms with Gasteiger partial charge in [0.15, 0.2) is 21.7 Å². The highest BCUT2D eigenvalue weighted by Crippen LogP contribution is 2.26. The Morgan fingerprint density at radius 3 is 2.00 bits per heavy atom.